The lowest BCUT2D eigenvalue weighted by Gasteiger charge is -2.23. The highest BCUT2D eigenvalue weighted by Gasteiger charge is 2.13. The van der Waals surface area contributed by atoms with Crippen molar-refractivity contribution < 1.29 is 0 Å². The highest BCUT2D eigenvalue weighted by Crippen LogP contribution is 2.18. The minimum absolute atomic E-state index is 0. The van der Waals surface area contributed by atoms with E-state index in [1.54, 1.807) is 0 Å². The average Bonchev–Trinajstić information content (AvgIpc) is 2.68. The minimum Gasteiger partial charge on any atom is -0.315 e. The van der Waals surface area contributed by atoms with E-state index in [1.165, 1.54) is 35.0 Å². The molecule has 0 spiro atoms. The van der Waals surface area contributed by atoms with Crippen LogP contribution in [0.15, 0.2) is 0 Å². The van der Waals surface area contributed by atoms with Gasteiger partial charge in [-0.1, -0.05) is 6.92 Å². The number of aryl methyl sites for hydroxylation is 2. The Balaban J connectivity index is 0.00000144. The maximum atomic E-state index is 4.56. The molecule has 0 saturated carbocycles. The molecule has 1 aliphatic rings. The Labute approximate surface area is 126 Å². The third-order valence-corrected chi connectivity index (χ3v) is 4.08. The van der Waals surface area contributed by atoms with Crippen molar-refractivity contribution in [3.63, 3.8) is 0 Å². The van der Waals surface area contributed by atoms with Crippen LogP contribution in [0.25, 0.3) is 0 Å². The number of nitrogens with one attached hydrogen (secondary N) is 2. The van der Waals surface area contributed by atoms with Crippen LogP contribution >= 0.6 is 36.2 Å². The third kappa shape index (κ3) is 5.02. The van der Waals surface area contributed by atoms with E-state index in [1.807, 2.05) is 11.3 Å². The van der Waals surface area contributed by atoms with Crippen molar-refractivity contribution in [2.24, 2.45) is 0 Å². The van der Waals surface area contributed by atoms with Crippen LogP contribution in [-0.2, 0) is 13.0 Å². The van der Waals surface area contributed by atoms with Gasteiger partial charge in [-0.15, -0.1) is 36.2 Å². The quantitative estimate of drug-likeness (QED) is 0.897. The van der Waals surface area contributed by atoms with Crippen LogP contribution in [0.2, 0.25) is 0 Å². The first-order chi connectivity index (χ1) is 7.79. The number of hydrogen-bond donors (Lipinski definition) is 2. The maximum Gasteiger partial charge on any atom is 0.0900 e. The molecule has 106 valence electrons. The summed E-state index contributed by atoms with van der Waals surface area (Å²) in [6.45, 7) is 7.55. The van der Waals surface area contributed by atoms with E-state index in [2.05, 4.69) is 29.5 Å². The van der Waals surface area contributed by atoms with Gasteiger partial charge in [0.1, 0.15) is 0 Å². The number of halogens is 2. The molecule has 2 rings (SSSR count). The summed E-state index contributed by atoms with van der Waals surface area (Å²) in [6, 6.07) is 0.640. The van der Waals surface area contributed by atoms with Crippen molar-refractivity contribution in [2.75, 3.05) is 13.1 Å². The van der Waals surface area contributed by atoms with Gasteiger partial charge in [-0.3, -0.25) is 0 Å². The van der Waals surface area contributed by atoms with Gasteiger partial charge in [-0.25, -0.2) is 4.98 Å². The number of nitrogens with zero attached hydrogens (tertiary/aromatic N) is 1. The number of rotatable bonds is 4. The molecule has 6 heteroatoms. The number of thiazole rings is 1. The largest absolute Gasteiger partial charge is 0.315 e. The fourth-order valence-corrected chi connectivity index (χ4v) is 3.17. The summed E-state index contributed by atoms with van der Waals surface area (Å²) < 4.78 is 0. The third-order valence-electron chi connectivity index (χ3n) is 3.07. The van der Waals surface area contributed by atoms with Crippen LogP contribution in [0.1, 0.15) is 35.3 Å². The van der Waals surface area contributed by atoms with Crippen LogP contribution in [0.5, 0.6) is 0 Å². The summed E-state index contributed by atoms with van der Waals surface area (Å²) in [5.41, 5.74) is 1.28. The van der Waals surface area contributed by atoms with Crippen LogP contribution in [0.3, 0.4) is 0 Å². The van der Waals surface area contributed by atoms with Crippen molar-refractivity contribution in [1.29, 1.82) is 0 Å². The lowest BCUT2D eigenvalue weighted by Crippen LogP contribution is -2.42. The first-order valence-electron chi connectivity index (χ1n) is 6.19. The Kier molecular flexibility index (Phi) is 9.17. The van der Waals surface area contributed by atoms with E-state index < -0.39 is 0 Å². The van der Waals surface area contributed by atoms with E-state index in [9.17, 15) is 0 Å². The Bertz CT molecular complexity index is 338. The molecule has 1 aromatic rings. The smallest absolute Gasteiger partial charge is 0.0900 e. The van der Waals surface area contributed by atoms with Gasteiger partial charge in [0.05, 0.1) is 10.7 Å². The SMILES string of the molecule is CCc1nc(C)sc1CNC1CCCNC1.Cl.Cl. The molecule has 1 aliphatic heterocycles. The molecule has 1 fully saturated rings. The zero-order valence-corrected chi connectivity index (χ0v) is 13.4. The van der Waals surface area contributed by atoms with Crippen LogP contribution in [-0.4, -0.2) is 24.1 Å². The highest BCUT2D eigenvalue weighted by atomic mass is 35.5. The standard InChI is InChI=1S/C12H21N3S.2ClH/c1-3-11-12(16-9(2)15-11)8-14-10-5-4-6-13-7-10;;/h10,13-14H,3-8H2,1-2H3;2*1H. The van der Waals surface area contributed by atoms with Crippen LogP contribution in [0.4, 0.5) is 0 Å². The fourth-order valence-electron chi connectivity index (χ4n) is 2.19. The molecular formula is C12H23Cl2N3S. The number of aromatic nitrogens is 1. The molecule has 1 aromatic heterocycles. The van der Waals surface area contributed by atoms with E-state index in [4.69, 9.17) is 0 Å². The molecule has 1 saturated heterocycles. The lowest BCUT2D eigenvalue weighted by atomic mass is 10.1. The molecule has 0 bridgehead atoms. The second kappa shape index (κ2) is 9.10. The Morgan fingerprint density at radius 1 is 1.44 bits per heavy atom. The van der Waals surface area contributed by atoms with Crippen LogP contribution in [0, 0.1) is 6.92 Å². The van der Waals surface area contributed by atoms with Crippen molar-refractivity contribution in [2.45, 2.75) is 45.7 Å². The predicted molar refractivity (Wildman–Crippen MR) is 83.5 cm³/mol. The summed E-state index contributed by atoms with van der Waals surface area (Å²) in [5.74, 6) is 0. The van der Waals surface area contributed by atoms with Crippen LogP contribution < -0.4 is 10.6 Å². The van der Waals surface area contributed by atoms with Gasteiger partial charge in [0.2, 0.25) is 0 Å². The second-order valence-electron chi connectivity index (χ2n) is 4.38. The monoisotopic (exact) mass is 311 g/mol. The van der Waals surface area contributed by atoms with Crippen molar-refractivity contribution >= 4 is 36.2 Å². The summed E-state index contributed by atoms with van der Waals surface area (Å²) in [7, 11) is 0. The van der Waals surface area contributed by atoms with E-state index in [0.717, 1.165) is 19.5 Å². The fraction of sp³-hybridized carbons (Fsp3) is 0.750. The zero-order valence-electron chi connectivity index (χ0n) is 11.0. The molecule has 2 heterocycles. The Morgan fingerprint density at radius 2 is 2.22 bits per heavy atom. The number of hydrogen-bond acceptors (Lipinski definition) is 4. The van der Waals surface area contributed by atoms with Crippen molar-refractivity contribution in [3.05, 3.63) is 15.6 Å². The average molecular weight is 312 g/mol. The molecular weight excluding hydrogens is 289 g/mol. The molecule has 18 heavy (non-hydrogen) atoms. The summed E-state index contributed by atoms with van der Waals surface area (Å²) in [4.78, 5) is 5.98. The predicted octanol–water partition coefficient (Wildman–Crippen LogP) is 2.70. The Morgan fingerprint density at radius 3 is 2.83 bits per heavy atom. The molecule has 1 unspecified atom stereocenters. The first-order valence-corrected chi connectivity index (χ1v) is 7.00. The van der Waals surface area contributed by atoms with Gasteiger partial charge in [0.25, 0.3) is 0 Å². The number of piperidine rings is 1. The van der Waals surface area contributed by atoms with Gasteiger partial charge in [-0.2, -0.15) is 0 Å². The van der Waals surface area contributed by atoms with Gasteiger partial charge >= 0.3 is 0 Å². The maximum absolute atomic E-state index is 4.56. The molecule has 3 nitrogen and oxygen atoms in total. The summed E-state index contributed by atoms with van der Waals surface area (Å²) in [5, 5.41) is 8.25. The normalized spacial score (nSPS) is 18.9. The highest BCUT2D eigenvalue weighted by molar-refractivity contribution is 7.11. The molecule has 1 atom stereocenters. The van der Waals surface area contributed by atoms with E-state index in [-0.39, 0.29) is 24.8 Å². The minimum atomic E-state index is 0. The second-order valence-corrected chi connectivity index (χ2v) is 5.67. The molecule has 2 N–H and O–H groups in total. The zero-order chi connectivity index (χ0) is 11.4. The van der Waals surface area contributed by atoms with E-state index in [0.29, 0.717) is 6.04 Å². The van der Waals surface area contributed by atoms with Crippen molar-refractivity contribution in [1.82, 2.24) is 15.6 Å². The van der Waals surface area contributed by atoms with Gasteiger partial charge in [-0.05, 0) is 32.7 Å². The van der Waals surface area contributed by atoms with Crippen molar-refractivity contribution in [3.8, 4) is 0 Å². The summed E-state index contributed by atoms with van der Waals surface area (Å²) >= 11 is 1.83. The lowest BCUT2D eigenvalue weighted by molar-refractivity contribution is 0.389. The van der Waals surface area contributed by atoms with E-state index >= 15 is 0 Å². The Hall–Kier alpha value is 0.130. The van der Waals surface area contributed by atoms with Gasteiger partial charge in [0, 0.05) is 24.0 Å². The molecule has 0 aliphatic carbocycles. The topological polar surface area (TPSA) is 37.0 Å². The first kappa shape index (κ1) is 18.1. The van der Waals surface area contributed by atoms with Gasteiger partial charge < -0.3 is 10.6 Å². The van der Waals surface area contributed by atoms with Gasteiger partial charge in [0.15, 0.2) is 0 Å². The molecule has 0 radical (unpaired) electrons. The molecule has 0 aromatic carbocycles. The molecule has 0 amide bonds. The summed E-state index contributed by atoms with van der Waals surface area (Å²) in [6.07, 6.45) is 3.64.